The summed E-state index contributed by atoms with van der Waals surface area (Å²) in [6.45, 7) is 0.149. The highest BCUT2D eigenvalue weighted by Gasteiger charge is 2.10. The Kier molecular flexibility index (Phi) is 2.99. The van der Waals surface area contributed by atoms with Crippen LogP contribution < -0.4 is 0 Å². The van der Waals surface area contributed by atoms with E-state index in [9.17, 15) is 9.90 Å². The first-order valence-electron chi connectivity index (χ1n) is 4.95. The fraction of sp³-hybridized carbons (Fsp3) is 0.200. The van der Waals surface area contributed by atoms with Gasteiger partial charge in [-0.2, -0.15) is 4.80 Å². The lowest BCUT2D eigenvalue weighted by atomic mass is 10.2. The second-order valence-electron chi connectivity index (χ2n) is 3.37. The number of aliphatic carboxylic acids is 1. The molecule has 1 heterocycles. The number of carboxylic acids is 1. The monoisotopic (exact) mass is 234 g/mol. The number of para-hydroxylation sites is 1. The van der Waals surface area contributed by atoms with Crippen LogP contribution in [0.15, 0.2) is 24.3 Å². The Balaban J connectivity index is 2.18. The molecule has 0 spiro atoms. The maximum atomic E-state index is 10.4. The third-order valence-electron chi connectivity index (χ3n) is 2.12. The first-order chi connectivity index (χ1) is 8.16. The number of nitrogens with zero attached hydrogens (tertiary/aromatic N) is 4. The number of aromatic hydroxyl groups is 1. The van der Waals surface area contributed by atoms with Crippen molar-refractivity contribution in [1.29, 1.82) is 0 Å². The van der Waals surface area contributed by atoms with Crippen LogP contribution in [-0.2, 0) is 11.3 Å². The van der Waals surface area contributed by atoms with E-state index in [1.165, 1.54) is 10.9 Å². The van der Waals surface area contributed by atoms with E-state index in [2.05, 4.69) is 15.4 Å². The van der Waals surface area contributed by atoms with Gasteiger partial charge in [-0.3, -0.25) is 4.79 Å². The highest BCUT2D eigenvalue weighted by Crippen LogP contribution is 2.24. The number of carboxylic acid groups (broad SMARTS) is 1. The van der Waals surface area contributed by atoms with Crippen molar-refractivity contribution in [2.75, 3.05) is 0 Å². The minimum atomic E-state index is -0.925. The molecule has 0 radical (unpaired) electrons. The minimum absolute atomic E-state index is 0.0604. The zero-order valence-corrected chi connectivity index (χ0v) is 8.82. The predicted octanol–water partition coefficient (Wildman–Crippen LogP) is 0.520. The van der Waals surface area contributed by atoms with Gasteiger partial charge in [0.15, 0.2) is 0 Å². The van der Waals surface area contributed by atoms with Crippen LogP contribution >= 0.6 is 0 Å². The standard InChI is InChI=1S/C10H10N4O3/c15-8-4-2-1-3-7(8)10-11-13-14(12-10)6-5-9(16)17/h1-4,15H,5-6H2,(H,16,17). The van der Waals surface area contributed by atoms with Crippen LogP contribution in [0.5, 0.6) is 5.75 Å². The van der Waals surface area contributed by atoms with Crippen molar-refractivity contribution >= 4 is 5.97 Å². The SMILES string of the molecule is O=C(O)CCn1nnc(-c2ccccc2O)n1. The lowest BCUT2D eigenvalue weighted by Gasteiger charge is -1.97. The molecule has 0 unspecified atom stereocenters. The van der Waals surface area contributed by atoms with Gasteiger partial charge in [-0.25, -0.2) is 0 Å². The van der Waals surface area contributed by atoms with Gasteiger partial charge in [0.05, 0.1) is 18.5 Å². The molecule has 0 saturated heterocycles. The van der Waals surface area contributed by atoms with Crippen LogP contribution in [0.1, 0.15) is 6.42 Å². The van der Waals surface area contributed by atoms with Gasteiger partial charge in [0.25, 0.3) is 0 Å². The van der Waals surface area contributed by atoms with Crippen LogP contribution in [0.25, 0.3) is 11.4 Å². The van der Waals surface area contributed by atoms with Gasteiger partial charge in [-0.1, -0.05) is 12.1 Å². The highest BCUT2D eigenvalue weighted by atomic mass is 16.4. The Morgan fingerprint density at radius 1 is 1.35 bits per heavy atom. The molecule has 0 saturated carbocycles. The molecule has 0 atom stereocenters. The van der Waals surface area contributed by atoms with Gasteiger partial charge in [0.2, 0.25) is 5.82 Å². The number of tetrazole rings is 1. The van der Waals surface area contributed by atoms with E-state index < -0.39 is 5.97 Å². The van der Waals surface area contributed by atoms with Gasteiger partial charge in [0.1, 0.15) is 5.75 Å². The van der Waals surface area contributed by atoms with Gasteiger partial charge in [-0.15, -0.1) is 10.2 Å². The highest BCUT2D eigenvalue weighted by molar-refractivity contribution is 5.66. The summed E-state index contributed by atoms with van der Waals surface area (Å²) >= 11 is 0. The zero-order valence-electron chi connectivity index (χ0n) is 8.82. The largest absolute Gasteiger partial charge is 0.507 e. The normalized spacial score (nSPS) is 10.4. The first-order valence-corrected chi connectivity index (χ1v) is 4.95. The number of rotatable bonds is 4. The molecule has 1 aromatic heterocycles. The van der Waals surface area contributed by atoms with Crippen LogP contribution in [0.3, 0.4) is 0 Å². The Morgan fingerprint density at radius 2 is 2.12 bits per heavy atom. The van der Waals surface area contributed by atoms with Crippen molar-refractivity contribution in [1.82, 2.24) is 20.2 Å². The quantitative estimate of drug-likeness (QED) is 0.799. The second-order valence-corrected chi connectivity index (χ2v) is 3.37. The van der Waals surface area contributed by atoms with Gasteiger partial charge >= 0.3 is 5.97 Å². The first kappa shape index (κ1) is 11.1. The van der Waals surface area contributed by atoms with E-state index in [1.54, 1.807) is 18.2 Å². The Hall–Kier alpha value is -2.44. The lowest BCUT2D eigenvalue weighted by Crippen LogP contribution is -2.07. The Bertz CT molecular complexity index is 538. The van der Waals surface area contributed by atoms with E-state index in [0.717, 1.165) is 0 Å². The summed E-state index contributed by atoms with van der Waals surface area (Å²) in [4.78, 5) is 11.6. The Morgan fingerprint density at radius 3 is 2.82 bits per heavy atom. The maximum Gasteiger partial charge on any atom is 0.305 e. The number of carbonyl (C=O) groups is 1. The van der Waals surface area contributed by atoms with Crippen molar-refractivity contribution in [3.63, 3.8) is 0 Å². The molecular formula is C10H10N4O3. The number of phenols is 1. The number of aryl methyl sites for hydroxylation is 1. The van der Waals surface area contributed by atoms with E-state index in [4.69, 9.17) is 5.11 Å². The van der Waals surface area contributed by atoms with Crippen molar-refractivity contribution in [3.05, 3.63) is 24.3 Å². The van der Waals surface area contributed by atoms with Crippen LogP contribution in [-0.4, -0.2) is 36.4 Å². The minimum Gasteiger partial charge on any atom is -0.507 e. The fourth-order valence-corrected chi connectivity index (χ4v) is 1.30. The second kappa shape index (κ2) is 4.60. The summed E-state index contributed by atoms with van der Waals surface area (Å²) in [7, 11) is 0. The summed E-state index contributed by atoms with van der Waals surface area (Å²) in [6, 6.07) is 6.61. The summed E-state index contributed by atoms with van der Waals surface area (Å²) in [5.74, 6) is -0.592. The molecule has 0 aliphatic carbocycles. The van der Waals surface area contributed by atoms with Gasteiger partial charge in [0, 0.05) is 0 Å². The van der Waals surface area contributed by atoms with Crippen LogP contribution in [0.2, 0.25) is 0 Å². The van der Waals surface area contributed by atoms with Crippen molar-refractivity contribution in [2.45, 2.75) is 13.0 Å². The smallest absolute Gasteiger partial charge is 0.305 e. The third kappa shape index (κ3) is 2.57. The molecule has 0 fully saturated rings. The molecule has 0 amide bonds. The van der Waals surface area contributed by atoms with Gasteiger partial charge < -0.3 is 10.2 Å². The molecule has 17 heavy (non-hydrogen) atoms. The molecule has 7 nitrogen and oxygen atoms in total. The summed E-state index contributed by atoms with van der Waals surface area (Å²) < 4.78 is 0. The number of benzene rings is 1. The van der Waals surface area contributed by atoms with E-state index in [-0.39, 0.29) is 24.5 Å². The summed E-state index contributed by atoms with van der Waals surface area (Å²) in [6.07, 6.45) is -0.0728. The summed E-state index contributed by atoms with van der Waals surface area (Å²) in [5, 5.41) is 29.5. The van der Waals surface area contributed by atoms with Crippen molar-refractivity contribution < 1.29 is 15.0 Å². The molecule has 0 aliphatic heterocycles. The number of aromatic nitrogens is 4. The molecule has 7 heteroatoms. The van der Waals surface area contributed by atoms with Crippen molar-refractivity contribution in [2.24, 2.45) is 0 Å². The molecule has 0 aliphatic rings. The molecule has 2 N–H and O–H groups in total. The molecule has 2 aromatic rings. The fourth-order valence-electron chi connectivity index (χ4n) is 1.30. The topological polar surface area (TPSA) is 101 Å². The third-order valence-corrected chi connectivity index (χ3v) is 2.12. The summed E-state index contributed by atoms with van der Waals surface area (Å²) in [5.41, 5.74) is 0.467. The van der Waals surface area contributed by atoms with E-state index in [0.29, 0.717) is 5.56 Å². The number of hydrogen-bond acceptors (Lipinski definition) is 5. The number of phenolic OH excluding ortho intramolecular Hbond substituents is 1. The molecule has 1 aromatic carbocycles. The van der Waals surface area contributed by atoms with Crippen molar-refractivity contribution in [3.8, 4) is 17.1 Å². The lowest BCUT2D eigenvalue weighted by molar-refractivity contribution is -0.137. The van der Waals surface area contributed by atoms with Crippen LogP contribution in [0.4, 0.5) is 0 Å². The zero-order chi connectivity index (χ0) is 12.3. The molecule has 2 rings (SSSR count). The predicted molar refractivity (Wildman–Crippen MR) is 57.2 cm³/mol. The number of hydrogen-bond donors (Lipinski definition) is 2. The average molecular weight is 234 g/mol. The maximum absolute atomic E-state index is 10.4. The molecule has 88 valence electrons. The van der Waals surface area contributed by atoms with Gasteiger partial charge in [-0.05, 0) is 17.3 Å². The molecule has 0 bridgehead atoms. The van der Waals surface area contributed by atoms with E-state index >= 15 is 0 Å². The Labute approximate surface area is 96.3 Å². The van der Waals surface area contributed by atoms with E-state index in [1.807, 2.05) is 0 Å². The molecular weight excluding hydrogens is 224 g/mol. The average Bonchev–Trinajstić information content (AvgIpc) is 2.75. The van der Waals surface area contributed by atoms with Crippen LogP contribution in [0, 0.1) is 0 Å².